The number of amides is 1. The summed E-state index contributed by atoms with van der Waals surface area (Å²) in [6, 6.07) is 9.63. The van der Waals surface area contributed by atoms with Gasteiger partial charge in [0.2, 0.25) is 0 Å². The van der Waals surface area contributed by atoms with Gasteiger partial charge in [-0.15, -0.1) is 0 Å². The van der Waals surface area contributed by atoms with Gasteiger partial charge in [0.25, 0.3) is 11.1 Å². The minimum atomic E-state index is -0.161. The summed E-state index contributed by atoms with van der Waals surface area (Å²) in [5.41, 5.74) is 2.78. The van der Waals surface area contributed by atoms with Gasteiger partial charge >= 0.3 is 0 Å². The van der Waals surface area contributed by atoms with Gasteiger partial charge in [0.1, 0.15) is 11.3 Å². The molecule has 1 atom stereocenters. The highest BCUT2D eigenvalue weighted by Gasteiger charge is 2.15. The largest absolute Gasteiger partial charge is 0.455 e. The van der Waals surface area contributed by atoms with Crippen molar-refractivity contribution < 1.29 is 18.5 Å². The molecule has 1 amide bonds. The number of quaternary nitrogens is 1. The van der Waals surface area contributed by atoms with Gasteiger partial charge in [0.15, 0.2) is 11.3 Å². The van der Waals surface area contributed by atoms with E-state index in [1.54, 1.807) is 11.0 Å². The average molecular weight is 431 g/mol. The number of oxazole rings is 1. The van der Waals surface area contributed by atoms with Crippen LogP contribution in [0.15, 0.2) is 44.4 Å². The molecule has 0 radical (unpaired) electrons. The van der Waals surface area contributed by atoms with Crippen LogP contribution in [-0.2, 0) is 5.75 Å². The summed E-state index contributed by atoms with van der Waals surface area (Å²) in [5.74, 6) is 1.47. The molecule has 2 heterocycles. The predicted octanol–water partition coefficient (Wildman–Crippen LogP) is 3.84. The van der Waals surface area contributed by atoms with Crippen LogP contribution in [0.4, 0.5) is 0 Å². The Morgan fingerprint density at radius 2 is 2.00 bits per heavy atom. The number of carbonyl (C=O) groups is 1. The van der Waals surface area contributed by atoms with E-state index in [1.165, 1.54) is 11.8 Å². The number of furan rings is 1. The number of benzene rings is 1. The zero-order valence-corrected chi connectivity index (χ0v) is 19.1. The Balaban J connectivity index is 1.47. The van der Waals surface area contributed by atoms with Gasteiger partial charge in [-0.3, -0.25) is 4.79 Å². The highest BCUT2D eigenvalue weighted by Crippen LogP contribution is 2.27. The first-order valence-corrected chi connectivity index (χ1v) is 11.7. The van der Waals surface area contributed by atoms with Crippen molar-refractivity contribution >= 4 is 28.8 Å². The fraction of sp³-hybridized carbons (Fsp3) is 0.478. The molecule has 0 unspecified atom stereocenters. The van der Waals surface area contributed by atoms with Gasteiger partial charge in [0, 0.05) is 6.04 Å². The van der Waals surface area contributed by atoms with Crippen molar-refractivity contribution in [1.82, 2.24) is 10.3 Å². The molecule has 0 aliphatic heterocycles. The molecule has 162 valence electrons. The summed E-state index contributed by atoms with van der Waals surface area (Å²) < 4.78 is 11.5. The van der Waals surface area contributed by atoms with E-state index < -0.39 is 0 Å². The van der Waals surface area contributed by atoms with Gasteiger partial charge in [-0.25, -0.2) is 4.98 Å². The predicted molar refractivity (Wildman–Crippen MR) is 120 cm³/mol. The monoisotopic (exact) mass is 430 g/mol. The van der Waals surface area contributed by atoms with Gasteiger partial charge < -0.3 is 19.1 Å². The molecule has 2 aromatic heterocycles. The third-order valence-corrected chi connectivity index (χ3v) is 6.14. The van der Waals surface area contributed by atoms with E-state index in [4.69, 9.17) is 8.83 Å². The first kappa shape index (κ1) is 22.4. The second kappa shape index (κ2) is 10.7. The number of aromatic nitrogens is 1. The SMILES string of the molecule is CC[NH+](CC)CCC[C@H](C)NC(=O)c1ccc(CSc2nc3cc(C)ccc3o2)o1. The average Bonchev–Trinajstić information content (AvgIpc) is 3.36. The third-order valence-electron chi connectivity index (χ3n) is 5.29. The summed E-state index contributed by atoms with van der Waals surface area (Å²) in [6.45, 7) is 11.9. The Morgan fingerprint density at radius 1 is 1.20 bits per heavy atom. The van der Waals surface area contributed by atoms with Crippen LogP contribution >= 0.6 is 11.8 Å². The summed E-state index contributed by atoms with van der Waals surface area (Å²) in [6.07, 6.45) is 2.07. The Hall–Kier alpha value is -2.25. The molecule has 30 heavy (non-hydrogen) atoms. The van der Waals surface area contributed by atoms with Crippen molar-refractivity contribution in [2.45, 2.75) is 57.6 Å². The van der Waals surface area contributed by atoms with E-state index in [2.05, 4.69) is 24.1 Å². The number of thioether (sulfide) groups is 1. The number of hydrogen-bond donors (Lipinski definition) is 2. The second-order valence-corrected chi connectivity index (χ2v) is 8.66. The van der Waals surface area contributed by atoms with Crippen LogP contribution in [0.2, 0.25) is 0 Å². The Kier molecular flexibility index (Phi) is 7.99. The molecule has 0 aliphatic rings. The van der Waals surface area contributed by atoms with Crippen LogP contribution in [0.3, 0.4) is 0 Å². The Morgan fingerprint density at radius 3 is 2.77 bits per heavy atom. The van der Waals surface area contributed by atoms with Crippen molar-refractivity contribution in [1.29, 1.82) is 0 Å². The zero-order valence-electron chi connectivity index (χ0n) is 18.3. The van der Waals surface area contributed by atoms with E-state index in [9.17, 15) is 4.79 Å². The second-order valence-electron chi connectivity index (χ2n) is 7.73. The van der Waals surface area contributed by atoms with Crippen molar-refractivity contribution in [2.24, 2.45) is 0 Å². The molecule has 0 saturated carbocycles. The number of carbonyl (C=O) groups excluding carboxylic acids is 1. The topological polar surface area (TPSA) is 72.7 Å². The van der Waals surface area contributed by atoms with Gasteiger partial charge in [-0.05, 0) is 70.4 Å². The lowest BCUT2D eigenvalue weighted by atomic mass is 10.1. The van der Waals surface area contributed by atoms with Gasteiger partial charge in [-0.1, -0.05) is 17.8 Å². The number of hydrogen-bond acceptors (Lipinski definition) is 5. The molecule has 7 heteroatoms. The van der Waals surface area contributed by atoms with Crippen molar-refractivity contribution in [2.75, 3.05) is 19.6 Å². The van der Waals surface area contributed by atoms with Gasteiger partial charge in [0.05, 0.1) is 25.4 Å². The maximum absolute atomic E-state index is 12.5. The number of nitrogens with one attached hydrogen (secondary N) is 2. The van der Waals surface area contributed by atoms with Crippen molar-refractivity contribution in [3.8, 4) is 0 Å². The molecular formula is C23H32N3O3S+. The molecule has 3 aromatic rings. The lowest BCUT2D eigenvalue weighted by Gasteiger charge is -2.17. The molecule has 0 bridgehead atoms. The first-order valence-electron chi connectivity index (χ1n) is 10.7. The number of nitrogens with zero attached hydrogens (tertiary/aromatic N) is 1. The van der Waals surface area contributed by atoms with Gasteiger partial charge in [-0.2, -0.15) is 0 Å². The maximum Gasteiger partial charge on any atom is 0.287 e. The quantitative estimate of drug-likeness (QED) is 0.452. The number of rotatable bonds is 11. The third kappa shape index (κ3) is 6.12. The molecule has 0 saturated heterocycles. The molecular weight excluding hydrogens is 398 g/mol. The Bertz CT molecular complexity index is 962. The van der Waals surface area contributed by atoms with Crippen LogP contribution in [0, 0.1) is 6.92 Å². The fourth-order valence-electron chi connectivity index (χ4n) is 3.42. The lowest BCUT2D eigenvalue weighted by molar-refractivity contribution is -0.896. The smallest absolute Gasteiger partial charge is 0.287 e. The van der Waals surface area contributed by atoms with Crippen LogP contribution < -0.4 is 10.2 Å². The normalized spacial score (nSPS) is 12.6. The van der Waals surface area contributed by atoms with Crippen LogP contribution in [-0.4, -0.2) is 36.6 Å². The zero-order chi connectivity index (χ0) is 21.5. The molecule has 0 fully saturated rings. The molecule has 0 aliphatic carbocycles. The summed E-state index contributed by atoms with van der Waals surface area (Å²) in [5, 5.41) is 3.64. The summed E-state index contributed by atoms with van der Waals surface area (Å²) in [4.78, 5) is 18.5. The fourth-order valence-corrected chi connectivity index (χ4v) is 4.15. The number of aryl methyl sites for hydroxylation is 1. The van der Waals surface area contributed by atoms with E-state index in [1.807, 2.05) is 38.1 Å². The van der Waals surface area contributed by atoms with E-state index in [0.29, 0.717) is 16.7 Å². The molecule has 1 aromatic carbocycles. The van der Waals surface area contributed by atoms with E-state index in [0.717, 1.165) is 54.9 Å². The maximum atomic E-state index is 12.5. The van der Waals surface area contributed by atoms with Crippen LogP contribution in [0.5, 0.6) is 0 Å². The molecule has 3 rings (SSSR count). The van der Waals surface area contributed by atoms with Crippen molar-refractivity contribution in [3.05, 3.63) is 47.4 Å². The number of fused-ring (bicyclic) bond motifs is 1. The molecule has 2 N–H and O–H groups in total. The van der Waals surface area contributed by atoms with E-state index >= 15 is 0 Å². The highest BCUT2D eigenvalue weighted by atomic mass is 32.2. The van der Waals surface area contributed by atoms with Crippen molar-refractivity contribution in [3.63, 3.8) is 0 Å². The summed E-state index contributed by atoms with van der Waals surface area (Å²) >= 11 is 1.46. The molecule has 0 spiro atoms. The van der Waals surface area contributed by atoms with Crippen LogP contribution in [0.25, 0.3) is 11.1 Å². The molecule has 6 nitrogen and oxygen atoms in total. The first-order chi connectivity index (χ1) is 14.5. The van der Waals surface area contributed by atoms with Crippen LogP contribution in [0.1, 0.15) is 55.5 Å². The summed E-state index contributed by atoms with van der Waals surface area (Å²) in [7, 11) is 0. The van der Waals surface area contributed by atoms with E-state index in [-0.39, 0.29) is 11.9 Å². The standard InChI is InChI=1S/C23H31N3O3S/c1-5-26(6-2)13-7-8-17(4)24-22(27)21-12-10-18(28-21)15-30-23-25-19-14-16(3)9-11-20(19)29-23/h9-12,14,17H,5-8,13,15H2,1-4H3,(H,24,27)/p+1/t17-/m0/s1. The minimum absolute atomic E-state index is 0.124. The minimum Gasteiger partial charge on any atom is -0.455 e. The lowest BCUT2D eigenvalue weighted by Crippen LogP contribution is -3.11. The Labute approximate surface area is 182 Å². The highest BCUT2D eigenvalue weighted by molar-refractivity contribution is 7.98.